The maximum absolute atomic E-state index is 13.5. The van der Waals surface area contributed by atoms with E-state index in [0.717, 1.165) is 29.7 Å². The molecule has 7 heteroatoms. The third kappa shape index (κ3) is 4.21. The van der Waals surface area contributed by atoms with E-state index < -0.39 is 10.0 Å². The van der Waals surface area contributed by atoms with Crippen LogP contribution in [0.4, 0.5) is 0 Å². The Morgan fingerprint density at radius 2 is 1.74 bits per heavy atom. The summed E-state index contributed by atoms with van der Waals surface area (Å²) in [7, 11) is -2.08. The number of hydrogen-bond donors (Lipinski definition) is 0. The molecule has 0 radical (unpaired) electrons. The zero-order valence-corrected chi connectivity index (χ0v) is 20.0. The van der Waals surface area contributed by atoms with Crippen LogP contribution in [0.1, 0.15) is 45.9 Å². The fourth-order valence-corrected chi connectivity index (χ4v) is 6.45. The van der Waals surface area contributed by atoms with Gasteiger partial charge in [-0.25, -0.2) is 8.42 Å². The van der Waals surface area contributed by atoms with Crippen LogP contribution >= 0.6 is 0 Å². The van der Waals surface area contributed by atoms with Gasteiger partial charge in [0.15, 0.2) is 0 Å². The lowest BCUT2D eigenvalue weighted by Gasteiger charge is -2.28. The SMILES string of the molecule is COc1cccc(C2CCCN2C(=O)c2cccc(S(=O)(=O)N3CCc4ccccc4C3)c2)c1. The first kappa shape index (κ1) is 22.6. The number of carbonyl (C=O) groups is 1. The zero-order valence-electron chi connectivity index (χ0n) is 19.2. The van der Waals surface area contributed by atoms with Crippen LogP contribution in [0.25, 0.3) is 0 Å². The highest BCUT2D eigenvalue weighted by Gasteiger charge is 2.32. The lowest BCUT2D eigenvalue weighted by atomic mass is 10.0. The summed E-state index contributed by atoms with van der Waals surface area (Å²) in [4.78, 5) is 15.5. The van der Waals surface area contributed by atoms with Gasteiger partial charge in [0, 0.05) is 25.2 Å². The first-order valence-corrected chi connectivity index (χ1v) is 13.0. The number of hydrogen-bond acceptors (Lipinski definition) is 4. The number of amides is 1. The molecule has 1 atom stereocenters. The Kier molecular flexibility index (Phi) is 6.15. The van der Waals surface area contributed by atoms with Crippen molar-refractivity contribution in [2.45, 2.75) is 36.7 Å². The summed E-state index contributed by atoms with van der Waals surface area (Å²) >= 11 is 0. The van der Waals surface area contributed by atoms with Gasteiger partial charge in [0.25, 0.3) is 5.91 Å². The van der Waals surface area contributed by atoms with Crippen molar-refractivity contribution < 1.29 is 17.9 Å². The van der Waals surface area contributed by atoms with Gasteiger partial charge in [0.05, 0.1) is 18.0 Å². The molecule has 1 fully saturated rings. The van der Waals surface area contributed by atoms with Crippen molar-refractivity contribution in [1.82, 2.24) is 9.21 Å². The number of nitrogens with zero attached hydrogens (tertiary/aromatic N) is 2. The summed E-state index contributed by atoms with van der Waals surface area (Å²) in [5.74, 6) is 0.611. The highest BCUT2D eigenvalue weighted by Crippen LogP contribution is 2.35. The van der Waals surface area contributed by atoms with Gasteiger partial charge in [0.1, 0.15) is 5.75 Å². The maximum Gasteiger partial charge on any atom is 0.254 e. The number of sulfonamides is 1. The van der Waals surface area contributed by atoms with Crippen molar-refractivity contribution in [1.29, 1.82) is 0 Å². The number of benzene rings is 3. The van der Waals surface area contributed by atoms with Crippen LogP contribution < -0.4 is 4.74 Å². The second kappa shape index (κ2) is 9.24. The van der Waals surface area contributed by atoms with Crippen LogP contribution in [-0.2, 0) is 23.0 Å². The topological polar surface area (TPSA) is 66.9 Å². The summed E-state index contributed by atoms with van der Waals surface area (Å²) in [6.07, 6.45) is 2.45. The summed E-state index contributed by atoms with van der Waals surface area (Å²) in [5.41, 5.74) is 3.65. The van der Waals surface area contributed by atoms with Gasteiger partial charge in [-0.15, -0.1) is 0 Å². The monoisotopic (exact) mass is 476 g/mol. The van der Waals surface area contributed by atoms with Crippen molar-refractivity contribution in [3.63, 3.8) is 0 Å². The van der Waals surface area contributed by atoms with E-state index in [4.69, 9.17) is 4.74 Å². The normalized spacial score (nSPS) is 18.5. The predicted molar refractivity (Wildman–Crippen MR) is 130 cm³/mol. The molecule has 0 aliphatic carbocycles. The van der Waals surface area contributed by atoms with E-state index in [9.17, 15) is 13.2 Å². The van der Waals surface area contributed by atoms with Crippen molar-refractivity contribution in [3.05, 3.63) is 95.1 Å². The number of methoxy groups -OCH3 is 1. The average Bonchev–Trinajstić information content (AvgIpc) is 3.38. The Hall–Kier alpha value is -3.16. The molecule has 5 rings (SSSR count). The third-order valence-corrected chi connectivity index (χ3v) is 8.65. The van der Waals surface area contributed by atoms with E-state index in [0.29, 0.717) is 31.6 Å². The summed E-state index contributed by atoms with van der Waals surface area (Å²) in [5, 5.41) is 0. The van der Waals surface area contributed by atoms with E-state index in [1.807, 2.05) is 53.4 Å². The first-order chi connectivity index (χ1) is 16.5. The fourth-order valence-electron chi connectivity index (χ4n) is 4.98. The third-order valence-electron chi connectivity index (χ3n) is 6.81. The van der Waals surface area contributed by atoms with Crippen LogP contribution in [0.5, 0.6) is 5.75 Å². The van der Waals surface area contributed by atoms with Gasteiger partial charge < -0.3 is 9.64 Å². The molecule has 2 aliphatic rings. The molecule has 0 aromatic heterocycles. The Morgan fingerprint density at radius 3 is 2.56 bits per heavy atom. The Bertz CT molecular complexity index is 1320. The molecule has 176 valence electrons. The van der Waals surface area contributed by atoms with Crippen LogP contribution in [0.3, 0.4) is 0 Å². The highest BCUT2D eigenvalue weighted by molar-refractivity contribution is 7.89. The quantitative estimate of drug-likeness (QED) is 0.547. The second-order valence-corrected chi connectivity index (χ2v) is 10.8. The van der Waals surface area contributed by atoms with Crippen LogP contribution in [0.15, 0.2) is 77.7 Å². The van der Waals surface area contributed by atoms with Crippen molar-refractivity contribution >= 4 is 15.9 Å². The maximum atomic E-state index is 13.5. The predicted octanol–water partition coefficient (Wildman–Crippen LogP) is 4.42. The molecule has 1 unspecified atom stereocenters. The molecular weight excluding hydrogens is 448 g/mol. The summed E-state index contributed by atoms with van der Waals surface area (Å²) in [6, 6.07) is 22.1. The van der Waals surface area contributed by atoms with Gasteiger partial charge in [-0.05, 0) is 66.3 Å². The van der Waals surface area contributed by atoms with Crippen LogP contribution in [0.2, 0.25) is 0 Å². The van der Waals surface area contributed by atoms with E-state index in [2.05, 4.69) is 0 Å². The summed E-state index contributed by atoms with van der Waals surface area (Å²) in [6.45, 7) is 1.42. The van der Waals surface area contributed by atoms with E-state index in [1.54, 1.807) is 25.3 Å². The molecule has 1 saturated heterocycles. The molecule has 0 spiro atoms. The summed E-state index contributed by atoms with van der Waals surface area (Å²) < 4.78 is 33.7. The molecule has 3 aromatic rings. The van der Waals surface area contributed by atoms with Crippen molar-refractivity contribution in [2.75, 3.05) is 20.2 Å². The zero-order chi connectivity index (χ0) is 23.7. The van der Waals surface area contributed by atoms with Gasteiger partial charge in [0.2, 0.25) is 10.0 Å². The Morgan fingerprint density at radius 1 is 0.941 bits per heavy atom. The molecule has 34 heavy (non-hydrogen) atoms. The average molecular weight is 477 g/mol. The molecule has 6 nitrogen and oxygen atoms in total. The lowest BCUT2D eigenvalue weighted by Crippen LogP contribution is -2.36. The second-order valence-electron chi connectivity index (χ2n) is 8.82. The number of rotatable bonds is 5. The molecule has 2 aliphatic heterocycles. The molecule has 1 amide bonds. The molecule has 3 aromatic carbocycles. The minimum absolute atomic E-state index is 0.0542. The van der Waals surface area contributed by atoms with Crippen molar-refractivity contribution in [3.8, 4) is 5.75 Å². The van der Waals surface area contributed by atoms with Gasteiger partial charge in [-0.1, -0.05) is 42.5 Å². The van der Waals surface area contributed by atoms with Gasteiger partial charge in [-0.2, -0.15) is 4.31 Å². The van der Waals surface area contributed by atoms with E-state index >= 15 is 0 Å². The minimum Gasteiger partial charge on any atom is -0.497 e. The molecule has 0 N–H and O–H groups in total. The minimum atomic E-state index is -3.71. The Balaban J connectivity index is 1.40. The Labute approximate surface area is 200 Å². The van der Waals surface area contributed by atoms with E-state index in [-0.39, 0.29) is 16.8 Å². The van der Waals surface area contributed by atoms with Gasteiger partial charge in [-0.3, -0.25) is 4.79 Å². The van der Waals surface area contributed by atoms with Crippen LogP contribution in [-0.4, -0.2) is 43.7 Å². The number of fused-ring (bicyclic) bond motifs is 1. The number of carbonyl (C=O) groups excluding carboxylic acids is 1. The highest BCUT2D eigenvalue weighted by atomic mass is 32.2. The smallest absolute Gasteiger partial charge is 0.254 e. The van der Waals surface area contributed by atoms with Gasteiger partial charge >= 0.3 is 0 Å². The molecule has 0 saturated carbocycles. The standard InChI is InChI=1S/C27H28N2O4S/c1-33-24-11-4-9-21(17-24)26-13-6-15-29(26)27(30)22-10-5-12-25(18-22)34(31,32)28-16-14-20-7-2-3-8-23(20)19-28/h2-5,7-12,17-18,26H,6,13-16,19H2,1H3. The lowest BCUT2D eigenvalue weighted by molar-refractivity contribution is 0.0735. The largest absolute Gasteiger partial charge is 0.497 e. The fraction of sp³-hybridized carbons (Fsp3) is 0.296. The number of ether oxygens (including phenoxy) is 1. The van der Waals surface area contributed by atoms with Crippen molar-refractivity contribution in [2.24, 2.45) is 0 Å². The number of likely N-dealkylation sites (tertiary alicyclic amines) is 1. The molecule has 0 bridgehead atoms. The van der Waals surface area contributed by atoms with Crippen LogP contribution in [0, 0.1) is 0 Å². The molecular formula is C27H28N2O4S. The van der Waals surface area contributed by atoms with E-state index in [1.165, 1.54) is 15.9 Å². The first-order valence-electron chi connectivity index (χ1n) is 11.6. The molecule has 2 heterocycles.